The first-order valence-electron chi connectivity index (χ1n) is 8.60. The average molecular weight is 338 g/mol. The summed E-state index contributed by atoms with van der Waals surface area (Å²) in [6.07, 6.45) is 0.190. The normalized spacial score (nSPS) is 11.9. The van der Waals surface area contributed by atoms with Gasteiger partial charge in [0.05, 0.1) is 12.5 Å². The molecule has 0 aliphatic heterocycles. The summed E-state index contributed by atoms with van der Waals surface area (Å²) in [5.74, 6) is 0.0506. The van der Waals surface area contributed by atoms with E-state index in [1.807, 2.05) is 55.5 Å². The van der Waals surface area contributed by atoms with Crippen molar-refractivity contribution in [3.8, 4) is 0 Å². The summed E-state index contributed by atoms with van der Waals surface area (Å²) in [5.41, 5.74) is 3.94. The second-order valence-corrected chi connectivity index (χ2v) is 6.61. The molecular weight excluding hydrogens is 312 g/mol. The van der Waals surface area contributed by atoms with Crippen molar-refractivity contribution in [2.45, 2.75) is 46.1 Å². The Morgan fingerprint density at radius 3 is 2.28 bits per heavy atom. The summed E-state index contributed by atoms with van der Waals surface area (Å²) in [5, 5.41) is 5.91. The predicted molar refractivity (Wildman–Crippen MR) is 102 cm³/mol. The lowest BCUT2D eigenvalue weighted by Crippen LogP contribution is -2.30. The summed E-state index contributed by atoms with van der Waals surface area (Å²) in [6, 6.07) is 15.2. The summed E-state index contributed by atoms with van der Waals surface area (Å²) >= 11 is 0. The molecule has 0 fully saturated rings. The van der Waals surface area contributed by atoms with Crippen molar-refractivity contribution in [3.63, 3.8) is 0 Å². The molecule has 2 amide bonds. The maximum absolute atomic E-state index is 12.6. The molecule has 2 aromatic rings. The predicted octanol–water partition coefficient (Wildman–Crippen LogP) is 4.32. The second-order valence-electron chi connectivity index (χ2n) is 6.61. The number of anilines is 1. The minimum atomic E-state index is -0.342. The number of carbonyl (C=O) groups excluding carboxylic acids is 2. The SMILES string of the molecule is CC(=O)NC(CC(=O)Nc1c(C)cccc1C(C)C)c1ccccc1. The first-order valence-corrected chi connectivity index (χ1v) is 8.60. The molecule has 4 nitrogen and oxygen atoms in total. The van der Waals surface area contributed by atoms with Crippen LogP contribution in [-0.4, -0.2) is 11.8 Å². The fourth-order valence-electron chi connectivity index (χ4n) is 2.90. The standard InChI is InChI=1S/C21H26N2O2/c1-14(2)18-12-8-9-15(3)21(18)23-20(25)13-19(22-16(4)24)17-10-6-5-7-11-17/h5-12,14,19H,13H2,1-4H3,(H,22,24)(H,23,25). The molecule has 0 spiro atoms. The van der Waals surface area contributed by atoms with Gasteiger partial charge >= 0.3 is 0 Å². The molecule has 0 aliphatic rings. The van der Waals surface area contributed by atoms with Gasteiger partial charge in [-0.05, 0) is 29.5 Å². The van der Waals surface area contributed by atoms with Crippen LogP contribution in [0.15, 0.2) is 48.5 Å². The fourth-order valence-corrected chi connectivity index (χ4v) is 2.90. The molecule has 0 bridgehead atoms. The van der Waals surface area contributed by atoms with Crippen LogP contribution < -0.4 is 10.6 Å². The van der Waals surface area contributed by atoms with Crippen LogP contribution in [0.25, 0.3) is 0 Å². The van der Waals surface area contributed by atoms with Crippen molar-refractivity contribution >= 4 is 17.5 Å². The minimum absolute atomic E-state index is 0.112. The number of hydrogen-bond acceptors (Lipinski definition) is 2. The first kappa shape index (κ1) is 18.7. The van der Waals surface area contributed by atoms with Gasteiger partial charge in [-0.25, -0.2) is 0 Å². The highest BCUT2D eigenvalue weighted by molar-refractivity contribution is 5.93. The van der Waals surface area contributed by atoms with Crippen LogP contribution in [0.3, 0.4) is 0 Å². The largest absolute Gasteiger partial charge is 0.349 e. The van der Waals surface area contributed by atoms with E-state index in [0.717, 1.165) is 22.4 Å². The van der Waals surface area contributed by atoms with Crippen LogP contribution in [0, 0.1) is 6.92 Å². The zero-order chi connectivity index (χ0) is 18.4. The summed E-state index contributed by atoms with van der Waals surface area (Å²) in [6.45, 7) is 7.67. The van der Waals surface area contributed by atoms with Gasteiger partial charge in [-0.15, -0.1) is 0 Å². The van der Waals surface area contributed by atoms with Crippen LogP contribution in [0.1, 0.15) is 55.8 Å². The fraction of sp³-hybridized carbons (Fsp3) is 0.333. The second kappa shape index (κ2) is 8.47. The minimum Gasteiger partial charge on any atom is -0.349 e. The lowest BCUT2D eigenvalue weighted by atomic mass is 9.97. The molecule has 2 rings (SSSR count). The van der Waals surface area contributed by atoms with E-state index in [1.165, 1.54) is 6.92 Å². The van der Waals surface area contributed by atoms with Crippen molar-refractivity contribution in [3.05, 3.63) is 65.2 Å². The lowest BCUT2D eigenvalue weighted by molar-refractivity contribution is -0.120. The van der Waals surface area contributed by atoms with Gasteiger partial charge in [0.15, 0.2) is 0 Å². The van der Waals surface area contributed by atoms with Crippen molar-refractivity contribution < 1.29 is 9.59 Å². The quantitative estimate of drug-likeness (QED) is 0.824. The average Bonchev–Trinajstić information content (AvgIpc) is 2.56. The molecule has 0 aromatic heterocycles. The van der Waals surface area contributed by atoms with Crippen LogP contribution in [0.5, 0.6) is 0 Å². The number of amides is 2. The molecule has 0 aliphatic carbocycles. The zero-order valence-corrected chi connectivity index (χ0v) is 15.3. The highest BCUT2D eigenvalue weighted by atomic mass is 16.2. The van der Waals surface area contributed by atoms with Gasteiger partial charge in [0, 0.05) is 12.6 Å². The van der Waals surface area contributed by atoms with Crippen molar-refractivity contribution in [2.75, 3.05) is 5.32 Å². The molecule has 1 atom stereocenters. The number of hydrogen-bond donors (Lipinski definition) is 2. The zero-order valence-electron chi connectivity index (χ0n) is 15.3. The van der Waals surface area contributed by atoms with E-state index >= 15 is 0 Å². The molecule has 4 heteroatoms. The van der Waals surface area contributed by atoms with Crippen LogP contribution in [0.2, 0.25) is 0 Å². The van der Waals surface area contributed by atoms with Crippen molar-refractivity contribution in [2.24, 2.45) is 0 Å². The van der Waals surface area contributed by atoms with Gasteiger partial charge < -0.3 is 10.6 Å². The van der Waals surface area contributed by atoms with Gasteiger partial charge in [0.1, 0.15) is 0 Å². The Hall–Kier alpha value is -2.62. The summed E-state index contributed by atoms with van der Waals surface area (Å²) in [4.78, 5) is 24.2. The molecule has 25 heavy (non-hydrogen) atoms. The van der Waals surface area contributed by atoms with Crippen LogP contribution in [-0.2, 0) is 9.59 Å². The number of rotatable bonds is 6. The maximum atomic E-state index is 12.6. The first-order chi connectivity index (χ1) is 11.9. The Morgan fingerprint density at radius 1 is 1.00 bits per heavy atom. The number of aryl methyl sites for hydroxylation is 1. The molecule has 0 saturated carbocycles. The van der Waals surface area contributed by atoms with E-state index in [2.05, 4.69) is 24.5 Å². The topological polar surface area (TPSA) is 58.2 Å². The van der Waals surface area contributed by atoms with E-state index in [9.17, 15) is 9.59 Å². The smallest absolute Gasteiger partial charge is 0.226 e. The van der Waals surface area contributed by atoms with Crippen LogP contribution in [0.4, 0.5) is 5.69 Å². The third-order valence-corrected chi connectivity index (χ3v) is 4.16. The third-order valence-electron chi connectivity index (χ3n) is 4.16. The molecule has 0 heterocycles. The van der Waals surface area contributed by atoms with Crippen molar-refractivity contribution in [1.82, 2.24) is 5.32 Å². The lowest BCUT2D eigenvalue weighted by Gasteiger charge is -2.20. The molecule has 0 saturated heterocycles. The molecule has 0 radical (unpaired) electrons. The molecule has 2 N–H and O–H groups in total. The Morgan fingerprint density at radius 2 is 1.68 bits per heavy atom. The summed E-state index contributed by atoms with van der Waals surface area (Å²) in [7, 11) is 0. The molecular formula is C21H26N2O2. The molecule has 2 aromatic carbocycles. The van der Waals surface area contributed by atoms with E-state index < -0.39 is 0 Å². The monoisotopic (exact) mass is 338 g/mol. The maximum Gasteiger partial charge on any atom is 0.226 e. The summed E-state index contributed by atoms with van der Waals surface area (Å²) < 4.78 is 0. The number of para-hydroxylation sites is 1. The van der Waals surface area contributed by atoms with E-state index in [-0.39, 0.29) is 24.3 Å². The van der Waals surface area contributed by atoms with Gasteiger partial charge in [-0.1, -0.05) is 62.4 Å². The number of carbonyl (C=O) groups is 2. The Kier molecular flexibility index (Phi) is 6.34. The number of nitrogens with one attached hydrogen (secondary N) is 2. The highest BCUT2D eigenvalue weighted by Gasteiger charge is 2.19. The van der Waals surface area contributed by atoms with E-state index in [4.69, 9.17) is 0 Å². The number of benzene rings is 2. The Bertz CT molecular complexity index is 739. The molecule has 1 unspecified atom stereocenters. The van der Waals surface area contributed by atoms with Crippen LogP contribution >= 0.6 is 0 Å². The van der Waals surface area contributed by atoms with Gasteiger partial charge in [0.2, 0.25) is 11.8 Å². The van der Waals surface area contributed by atoms with E-state index in [1.54, 1.807) is 0 Å². The Balaban J connectivity index is 2.19. The Labute approximate surface area is 149 Å². The van der Waals surface area contributed by atoms with Gasteiger partial charge in [-0.2, -0.15) is 0 Å². The van der Waals surface area contributed by atoms with Crippen molar-refractivity contribution in [1.29, 1.82) is 0 Å². The van der Waals surface area contributed by atoms with Gasteiger partial charge in [0.25, 0.3) is 0 Å². The third kappa shape index (κ3) is 5.18. The van der Waals surface area contributed by atoms with E-state index in [0.29, 0.717) is 5.92 Å². The van der Waals surface area contributed by atoms with Gasteiger partial charge in [-0.3, -0.25) is 9.59 Å². The highest BCUT2D eigenvalue weighted by Crippen LogP contribution is 2.28. The molecule has 132 valence electrons.